The molecule has 138 valence electrons. The van der Waals surface area contributed by atoms with E-state index in [1.807, 2.05) is 0 Å². The highest BCUT2D eigenvalue weighted by Crippen LogP contribution is 2.38. The van der Waals surface area contributed by atoms with Gasteiger partial charge in [0, 0.05) is 6.92 Å². The Kier molecular flexibility index (Phi) is 6.81. The van der Waals surface area contributed by atoms with Gasteiger partial charge in [-0.25, -0.2) is 0 Å². The van der Waals surface area contributed by atoms with E-state index in [0.717, 1.165) is 11.8 Å². The molecule has 0 spiro atoms. The highest BCUT2D eigenvalue weighted by molar-refractivity contribution is 9.10. The fourth-order valence-electron chi connectivity index (χ4n) is 1.98. The third-order valence-electron chi connectivity index (χ3n) is 2.89. The minimum absolute atomic E-state index is 0.235. The smallest absolute Gasteiger partial charge is 0.286 e. The van der Waals surface area contributed by atoms with Gasteiger partial charge < -0.3 is 20.5 Å². The number of nitrogens with zero attached hydrogens (tertiary/aromatic N) is 1. The molecule has 0 radical (unpaired) electrons. The standard InChI is InChI=1S/C16H16BrN3O5S/c1-3-24-11-5-9(4-10(17)14(11)25-7-13(18)22)6-12-15(23)20-16(26-12)19-8(2)21/h4-6H,3,7H2,1-2H3,(H2,18,22)(H,19,20,21,23). The Morgan fingerprint density at radius 3 is 2.73 bits per heavy atom. The first-order valence-electron chi connectivity index (χ1n) is 7.47. The van der Waals surface area contributed by atoms with Crippen molar-refractivity contribution in [3.8, 4) is 11.5 Å². The lowest BCUT2D eigenvalue weighted by atomic mass is 10.2. The van der Waals surface area contributed by atoms with Crippen molar-refractivity contribution in [3.05, 3.63) is 27.1 Å². The molecule has 10 heteroatoms. The zero-order chi connectivity index (χ0) is 19.3. The Morgan fingerprint density at radius 1 is 1.38 bits per heavy atom. The lowest BCUT2D eigenvalue weighted by molar-refractivity contribution is -0.120. The van der Waals surface area contributed by atoms with Crippen LogP contribution in [0.4, 0.5) is 0 Å². The first-order valence-corrected chi connectivity index (χ1v) is 9.08. The lowest BCUT2D eigenvalue weighted by Gasteiger charge is -2.14. The number of nitrogens with two attached hydrogens (primary N) is 1. The Hall–Kier alpha value is -2.33. The van der Waals surface area contributed by atoms with Crippen LogP contribution in [0.15, 0.2) is 26.5 Å². The monoisotopic (exact) mass is 441 g/mol. The first kappa shape index (κ1) is 20.0. The van der Waals surface area contributed by atoms with Gasteiger partial charge in [-0.05, 0) is 58.4 Å². The number of ether oxygens (including phenoxy) is 2. The number of amides is 3. The number of hydrogen-bond donors (Lipinski definition) is 2. The van der Waals surface area contributed by atoms with Crippen molar-refractivity contribution in [3.63, 3.8) is 0 Å². The third-order valence-corrected chi connectivity index (χ3v) is 4.38. The van der Waals surface area contributed by atoms with Crippen LogP contribution >= 0.6 is 27.7 Å². The molecule has 1 aliphatic heterocycles. The number of primary amides is 1. The number of aliphatic imine (C=N–C) groups is 1. The van der Waals surface area contributed by atoms with Crippen molar-refractivity contribution >= 4 is 56.7 Å². The normalized spacial score (nSPS) is 15.0. The van der Waals surface area contributed by atoms with E-state index in [1.165, 1.54) is 6.92 Å². The molecule has 8 nitrogen and oxygen atoms in total. The molecule has 1 aliphatic rings. The summed E-state index contributed by atoms with van der Waals surface area (Å²) in [6.07, 6.45) is 1.62. The molecular formula is C16H16BrN3O5S. The van der Waals surface area contributed by atoms with E-state index in [0.29, 0.717) is 33.0 Å². The zero-order valence-electron chi connectivity index (χ0n) is 14.0. The van der Waals surface area contributed by atoms with Crippen molar-refractivity contribution in [2.75, 3.05) is 13.2 Å². The van der Waals surface area contributed by atoms with E-state index in [9.17, 15) is 14.4 Å². The molecule has 0 saturated heterocycles. The Morgan fingerprint density at radius 2 is 2.12 bits per heavy atom. The maximum atomic E-state index is 12.0. The van der Waals surface area contributed by atoms with Gasteiger partial charge in [-0.1, -0.05) is 0 Å². The second kappa shape index (κ2) is 8.86. The molecule has 0 aromatic heterocycles. The highest BCUT2D eigenvalue weighted by atomic mass is 79.9. The fourth-order valence-corrected chi connectivity index (χ4v) is 3.42. The summed E-state index contributed by atoms with van der Waals surface area (Å²) in [5, 5.41) is 2.72. The summed E-state index contributed by atoms with van der Waals surface area (Å²) in [6.45, 7) is 3.23. The molecule has 0 fully saturated rings. The topological polar surface area (TPSA) is 120 Å². The van der Waals surface area contributed by atoms with E-state index in [4.69, 9.17) is 15.2 Å². The SMILES string of the molecule is CCOc1cc(C=C2SC(NC(C)=O)=NC2=O)cc(Br)c1OCC(N)=O. The van der Waals surface area contributed by atoms with E-state index < -0.39 is 11.8 Å². The van der Waals surface area contributed by atoms with Crippen LogP contribution in [0.5, 0.6) is 11.5 Å². The van der Waals surface area contributed by atoms with E-state index in [1.54, 1.807) is 25.1 Å². The first-order chi connectivity index (χ1) is 12.3. The molecule has 1 heterocycles. The van der Waals surface area contributed by atoms with Gasteiger partial charge in [-0.15, -0.1) is 0 Å². The zero-order valence-corrected chi connectivity index (χ0v) is 16.4. The number of rotatable bonds is 6. The summed E-state index contributed by atoms with van der Waals surface area (Å²) in [5.41, 5.74) is 5.76. The number of carbonyl (C=O) groups is 3. The molecule has 0 saturated carbocycles. The van der Waals surface area contributed by atoms with E-state index in [-0.39, 0.29) is 17.7 Å². The largest absolute Gasteiger partial charge is 0.490 e. The quantitative estimate of drug-likeness (QED) is 0.649. The maximum Gasteiger partial charge on any atom is 0.286 e. The minimum Gasteiger partial charge on any atom is -0.490 e. The van der Waals surface area contributed by atoms with Gasteiger partial charge in [0.05, 0.1) is 16.0 Å². The molecule has 3 amide bonds. The van der Waals surface area contributed by atoms with Gasteiger partial charge in [0.15, 0.2) is 23.3 Å². The number of carbonyl (C=O) groups excluding carboxylic acids is 3. The molecule has 0 atom stereocenters. The second-order valence-corrected chi connectivity index (χ2v) is 6.92. The van der Waals surface area contributed by atoms with Gasteiger partial charge in [0.2, 0.25) is 5.91 Å². The number of thioether (sulfide) groups is 1. The molecule has 26 heavy (non-hydrogen) atoms. The van der Waals surface area contributed by atoms with Gasteiger partial charge in [0.1, 0.15) is 0 Å². The average molecular weight is 442 g/mol. The summed E-state index contributed by atoms with van der Waals surface area (Å²) < 4.78 is 11.5. The van der Waals surface area contributed by atoms with Gasteiger partial charge in [0.25, 0.3) is 11.8 Å². The number of halogens is 1. The number of benzene rings is 1. The van der Waals surface area contributed by atoms with Crippen LogP contribution in [0.1, 0.15) is 19.4 Å². The van der Waals surface area contributed by atoms with Crippen LogP contribution < -0.4 is 20.5 Å². The third kappa shape index (κ3) is 5.33. The van der Waals surface area contributed by atoms with Crippen molar-refractivity contribution in [1.29, 1.82) is 0 Å². The summed E-state index contributed by atoms with van der Waals surface area (Å²) in [6, 6.07) is 3.37. The minimum atomic E-state index is -0.610. The maximum absolute atomic E-state index is 12.0. The Balaban J connectivity index is 2.29. The molecule has 2 rings (SSSR count). The Labute approximate surface area is 162 Å². The van der Waals surface area contributed by atoms with Crippen LogP contribution in [0.2, 0.25) is 0 Å². The van der Waals surface area contributed by atoms with Crippen molar-refractivity contribution < 1.29 is 23.9 Å². The fraction of sp³-hybridized carbons (Fsp3) is 0.250. The Bertz CT molecular complexity index is 822. The number of amidine groups is 1. The molecular weight excluding hydrogens is 426 g/mol. The van der Waals surface area contributed by atoms with Crippen LogP contribution in [-0.4, -0.2) is 36.1 Å². The predicted octanol–water partition coefficient (Wildman–Crippen LogP) is 1.82. The summed E-state index contributed by atoms with van der Waals surface area (Å²) in [7, 11) is 0. The molecule has 0 aliphatic carbocycles. The lowest BCUT2D eigenvalue weighted by Crippen LogP contribution is -2.23. The van der Waals surface area contributed by atoms with E-state index >= 15 is 0 Å². The van der Waals surface area contributed by atoms with Crippen molar-refractivity contribution in [1.82, 2.24) is 5.32 Å². The molecule has 0 unspecified atom stereocenters. The number of hydrogen-bond acceptors (Lipinski definition) is 6. The highest BCUT2D eigenvalue weighted by Gasteiger charge is 2.23. The summed E-state index contributed by atoms with van der Waals surface area (Å²) >= 11 is 4.43. The summed E-state index contributed by atoms with van der Waals surface area (Å²) in [4.78, 5) is 38.1. The van der Waals surface area contributed by atoms with Crippen molar-refractivity contribution in [2.45, 2.75) is 13.8 Å². The summed E-state index contributed by atoms with van der Waals surface area (Å²) in [5.74, 6) is -0.618. The predicted molar refractivity (Wildman–Crippen MR) is 102 cm³/mol. The molecule has 1 aromatic rings. The van der Waals surface area contributed by atoms with Gasteiger partial charge in [-0.3, -0.25) is 14.4 Å². The van der Waals surface area contributed by atoms with Gasteiger partial charge >= 0.3 is 0 Å². The van der Waals surface area contributed by atoms with Gasteiger partial charge in [-0.2, -0.15) is 4.99 Å². The van der Waals surface area contributed by atoms with Crippen LogP contribution in [-0.2, 0) is 14.4 Å². The second-order valence-electron chi connectivity index (χ2n) is 5.03. The van der Waals surface area contributed by atoms with Crippen LogP contribution in [0.25, 0.3) is 6.08 Å². The van der Waals surface area contributed by atoms with Crippen molar-refractivity contribution in [2.24, 2.45) is 10.7 Å². The molecule has 0 bridgehead atoms. The molecule has 3 N–H and O–H groups in total. The van der Waals surface area contributed by atoms with Crippen LogP contribution in [0, 0.1) is 0 Å². The number of nitrogens with one attached hydrogen (secondary N) is 1. The molecule has 1 aromatic carbocycles. The average Bonchev–Trinajstić information content (AvgIpc) is 2.85. The van der Waals surface area contributed by atoms with E-state index in [2.05, 4.69) is 26.2 Å². The van der Waals surface area contributed by atoms with Crippen LogP contribution in [0.3, 0.4) is 0 Å².